The van der Waals surface area contributed by atoms with E-state index in [4.69, 9.17) is 9.47 Å². The molecule has 0 aliphatic carbocycles. The molecule has 0 saturated carbocycles. The van der Waals surface area contributed by atoms with E-state index in [0.717, 1.165) is 18.6 Å². The molecule has 132 valence electrons. The van der Waals surface area contributed by atoms with Crippen LogP contribution in [0.15, 0.2) is 24.3 Å². The highest BCUT2D eigenvalue weighted by atomic mass is 19.4. The molecule has 1 N–H and O–H groups in total. The third kappa shape index (κ3) is 3.99. The number of benzene rings is 1. The van der Waals surface area contributed by atoms with E-state index in [9.17, 15) is 18.0 Å². The molecule has 0 spiro atoms. The van der Waals surface area contributed by atoms with Gasteiger partial charge < -0.3 is 19.7 Å². The van der Waals surface area contributed by atoms with Gasteiger partial charge in [0.2, 0.25) is 0 Å². The van der Waals surface area contributed by atoms with E-state index in [-0.39, 0.29) is 12.1 Å². The van der Waals surface area contributed by atoms with Gasteiger partial charge in [-0.1, -0.05) is 12.1 Å². The van der Waals surface area contributed by atoms with E-state index in [1.807, 2.05) is 0 Å². The van der Waals surface area contributed by atoms with E-state index in [1.165, 1.54) is 12.1 Å². The van der Waals surface area contributed by atoms with E-state index < -0.39 is 17.8 Å². The smallest absolute Gasteiger partial charge is 0.379 e. The average Bonchev–Trinajstić information content (AvgIpc) is 3.07. The van der Waals surface area contributed by atoms with Crippen molar-refractivity contribution in [2.45, 2.75) is 24.7 Å². The Labute approximate surface area is 137 Å². The van der Waals surface area contributed by atoms with Crippen molar-refractivity contribution in [1.29, 1.82) is 0 Å². The van der Waals surface area contributed by atoms with Gasteiger partial charge >= 0.3 is 12.2 Å². The first-order valence-electron chi connectivity index (χ1n) is 7.85. The molecule has 5 nitrogen and oxygen atoms in total. The molecule has 0 aromatic heterocycles. The first kappa shape index (κ1) is 17.0. The molecule has 3 rings (SSSR count). The Bertz CT molecular complexity index is 571. The normalized spacial score (nSPS) is 24.9. The Morgan fingerprint density at radius 1 is 1.21 bits per heavy atom. The van der Waals surface area contributed by atoms with Gasteiger partial charge in [-0.3, -0.25) is 0 Å². The second-order valence-electron chi connectivity index (χ2n) is 5.94. The summed E-state index contributed by atoms with van der Waals surface area (Å²) in [5.41, 5.74) is -0.0670. The molecule has 2 saturated heterocycles. The highest BCUT2D eigenvalue weighted by molar-refractivity contribution is 5.74. The molecule has 2 heterocycles. The highest BCUT2D eigenvalue weighted by Crippen LogP contribution is 2.31. The van der Waals surface area contributed by atoms with Crippen LogP contribution in [0, 0.1) is 0 Å². The molecular weight excluding hydrogens is 325 g/mol. The van der Waals surface area contributed by atoms with Gasteiger partial charge in [0.15, 0.2) is 0 Å². The highest BCUT2D eigenvalue weighted by Gasteiger charge is 2.31. The molecule has 2 amide bonds. The third-order valence-corrected chi connectivity index (χ3v) is 4.22. The molecule has 2 fully saturated rings. The summed E-state index contributed by atoms with van der Waals surface area (Å²) >= 11 is 0. The van der Waals surface area contributed by atoms with Crippen molar-refractivity contribution in [3.63, 3.8) is 0 Å². The zero-order valence-corrected chi connectivity index (χ0v) is 13.0. The lowest BCUT2D eigenvalue weighted by atomic mass is 10.1. The third-order valence-electron chi connectivity index (χ3n) is 4.22. The quantitative estimate of drug-likeness (QED) is 0.897. The molecular formula is C16H19F3N2O3. The molecule has 8 heteroatoms. The predicted molar refractivity (Wildman–Crippen MR) is 79.5 cm³/mol. The Balaban J connectivity index is 1.61. The van der Waals surface area contributed by atoms with E-state index in [1.54, 1.807) is 4.90 Å². The van der Waals surface area contributed by atoms with Crippen molar-refractivity contribution >= 4 is 6.03 Å². The topological polar surface area (TPSA) is 50.8 Å². The fourth-order valence-electron chi connectivity index (χ4n) is 2.84. The number of nitrogens with zero attached hydrogens (tertiary/aromatic N) is 1. The maximum atomic E-state index is 12.6. The number of hydrogen-bond acceptors (Lipinski definition) is 3. The number of nitrogens with one attached hydrogen (secondary N) is 1. The van der Waals surface area contributed by atoms with Gasteiger partial charge in [0.05, 0.1) is 31.4 Å². The van der Waals surface area contributed by atoms with Gasteiger partial charge in [-0.15, -0.1) is 0 Å². The van der Waals surface area contributed by atoms with Crippen LogP contribution in [0.3, 0.4) is 0 Å². The molecule has 2 aliphatic heterocycles. The largest absolute Gasteiger partial charge is 0.416 e. The van der Waals surface area contributed by atoms with E-state index >= 15 is 0 Å². The minimum Gasteiger partial charge on any atom is -0.379 e. The summed E-state index contributed by atoms with van der Waals surface area (Å²) in [4.78, 5) is 13.9. The number of hydrogen-bond donors (Lipinski definition) is 1. The number of rotatable bonds is 2. The number of urea groups is 1. The number of alkyl halides is 3. The minimum absolute atomic E-state index is 0.0184. The predicted octanol–water partition coefficient (Wildman–Crippen LogP) is 2.58. The minimum atomic E-state index is -4.36. The Kier molecular flexibility index (Phi) is 4.96. The number of halogens is 3. The van der Waals surface area contributed by atoms with E-state index in [2.05, 4.69) is 5.32 Å². The van der Waals surface area contributed by atoms with Crippen molar-refractivity contribution in [3.8, 4) is 0 Å². The molecule has 24 heavy (non-hydrogen) atoms. The lowest BCUT2D eigenvalue weighted by Gasteiger charge is -2.33. The number of morpholine rings is 1. The first-order valence-corrected chi connectivity index (χ1v) is 7.85. The number of amides is 2. The second kappa shape index (κ2) is 6.98. The summed E-state index contributed by atoms with van der Waals surface area (Å²) in [5.74, 6) is 0. The number of carbonyl (C=O) groups excluding carboxylic acids is 1. The van der Waals surface area contributed by atoms with Crippen LogP contribution in [0.4, 0.5) is 18.0 Å². The van der Waals surface area contributed by atoms with Crippen molar-refractivity contribution in [3.05, 3.63) is 35.4 Å². The molecule has 2 atom stereocenters. The molecule has 0 radical (unpaired) electrons. The number of ether oxygens (including phenoxy) is 2. The van der Waals surface area contributed by atoms with Crippen molar-refractivity contribution in [2.24, 2.45) is 0 Å². The zero-order valence-electron chi connectivity index (χ0n) is 13.0. The lowest BCUT2D eigenvalue weighted by Crippen LogP contribution is -2.50. The summed E-state index contributed by atoms with van der Waals surface area (Å²) < 4.78 is 48.7. The summed E-state index contributed by atoms with van der Waals surface area (Å²) in [7, 11) is 0. The number of carbonyl (C=O) groups is 1. The summed E-state index contributed by atoms with van der Waals surface area (Å²) in [6.07, 6.45) is -3.99. The average molecular weight is 344 g/mol. The monoisotopic (exact) mass is 344 g/mol. The second-order valence-corrected chi connectivity index (χ2v) is 5.94. The maximum Gasteiger partial charge on any atom is 0.416 e. The van der Waals surface area contributed by atoms with Crippen LogP contribution in [0.2, 0.25) is 0 Å². The molecule has 2 aliphatic rings. The molecule has 0 bridgehead atoms. The summed E-state index contributed by atoms with van der Waals surface area (Å²) in [5, 5.41) is 2.91. The fourth-order valence-corrected chi connectivity index (χ4v) is 2.84. The van der Waals surface area contributed by atoms with E-state index in [0.29, 0.717) is 38.5 Å². The van der Waals surface area contributed by atoms with Gasteiger partial charge in [0.1, 0.15) is 6.10 Å². The van der Waals surface area contributed by atoms with Crippen molar-refractivity contribution < 1.29 is 27.4 Å². The fraction of sp³-hybridized carbons (Fsp3) is 0.562. The van der Waals surface area contributed by atoms with Crippen LogP contribution in [0.5, 0.6) is 0 Å². The standard InChI is InChI=1S/C16H19F3N2O3/c17-16(18,19)12-3-1-11(2-4-12)14-9-21(6-8-24-14)15(22)20-13-5-7-23-10-13/h1-4,13-14H,5-10H2,(H,20,22)/t13-,14-/m1/s1. The van der Waals surface area contributed by atoms with Crippen LogP contribution in [0.25, 0.3) is 0 Å². The molecule has 1 aromatic rings. The first-order chi connectivity index (χ1) is 11.4. The zero-order chi connectivity index (χ0) is 17.2. The van der Waals surface area contributed by atoms with Crippen LogP contribution in [0.1, 0.15) is 23.7 Å². The van der Waals surface area contributed by atoms with Crippen LogP contribution in [-0.4, -0.2) is 49.9 Å². The van der Waals surface area contributed by atoms with Gasteiger partial charge in [-0.05, 0) is 24.1 Å². The Morgan fingerprint density at radius 3 is 2.58 bits per heavy atom. The van der Waals surface area contributed by atoms with Gasteiger partial charge in [-0.2, -0.15) is 13.2 Å². The molecule has 1 aromatic carbocycles. The summed E-state index contributed by atoms with van der Waals surface area (Å²) in [6.45, 7) is 2.27. The Hall–Kier alpha value is -1.80. The van der Waals surface area contributed by atoms with Gasteiger partial charge in [-0.25, -0.2) is 4.79 Å². The van der Waals surface area contributed by atoms with Crippen LogP contribution in [-0.2, 0) is 15.7 Å². The Morgan fingerprint density at radius 2 is 1.96 bits per heavy atom. The molecule has 0 unspecified atom stereocenters. The van der Waals surface area contributed by atoms with Gasteiger partial charge in [0.25, 0.3) is 0 Å². The maximum absolute atomic E-state index is 12.6. The van der Waals surface area contributed by atoms with Crippen molar-refractivity contribution in [2.75, 3.05) is 32.9 Å². The van der Waals surface area contributed by atoms with Crippen LogP contribution >= 0.6 is 0 Å². The SMILES string of the molecule is O=C(N[C@@H]1CCOC1)N1CCO[C@@H](c2ccc(C(F)(F)F)cc2)C1. The van der Waals surface area contributed by atoms with Crippen molar-refractivity contribution in [1.82, 2.24) is 10.2 Å². The summed E-state index contributed by atoms with van der Waals surface area (Å²) in [6, 6.07) is 4.70. The lowest BCUT2D eigenvalue weighted by molar-refractivity contribution is -0.137. The van der Waals surface area contributed by atoms with Crippen LogP contribution < -0.4 is 5.32 Å². The van der Waals surface area contributed by atoms with Gasteiger partial charge in [0, 0.05) is 13.2 Å².